The third kappa shape index (κ3) is 2.79. The van der Waals surface area contributed by atoms with Crippen LogP contribution in [0.3, 0.4) is 0 Å². The maximum Gasteiger partial charge on any atom is 0.490 e. The van der Waals surface area contributed by atoms with E-state index >= 15 is 0 Å². The molecule has 1 heterocycles. The summed E-state index contributed by atoms with van der Waals surface area (Å²) in [5.41, 5.74) is 0. The van der Waals surface area contributed by atoms with Crippen LogP contribution in [0.2, 0.25) is 0 Å². The molecule has 1 saturated carbocycles. The Balaban J connectivity index is 2.02. The minimum Gasteiger partial charge on any atom is -0.455 e. The molecule has 3 unspecified atom stereocenters. The zero-order valence-electron chi connectivity index (χ0n) is 10.4. The molecular formula is C12H18F3NO2. The van der Waals surface area contributed by atoms with Crippen molar-refractivity contribution >= 4 is 5.97 Å². The fraction of sp³-hybridized carbons (Fsp3) is 0.917. The maximum absolute atomic E-state index is 12.2. The number of nitrogens with zero attached hydrogens (tertiary/aromatic N) is 1. The Morgan fingerprint density at radius 2 is 1.89 bits per heavy atom. The third-order valence-corrected chi connectivity index (χ3v) is 4.08. The highest BCUT2D eigenvalue weighted by Crippen LogP contribution is 2.37. The number of ether oxygens (including phenoxy) is 1. The van der Waals surface area contributed by atoms with Gasteiger partial charge in [-0.3, -0.25) is 0 Å². The van der Waals surface area contributed by atoms with Crippen molar-refractivity contribution in [3.8, 4) is 0 Å². The Morgan fingerprint density at radius 1 is 1.22 bits per heavy atom. The van der Waals surface area contributed by atoms with Crippen LogP contribution in [0, 0.1) is 5.92 Å². The number of hydrogen-bond donors (Lipinski definition) is 0. The number of halogens is 3. The molecule has 0 aromatic carbocycles. The van der Waals surface area contributed by atoms with Gasteiger partial charge in [0.2, 0.25) is 0 Å². The number of esters is 1. The Hall–Kier alpha value is -0.780. The standard InChI is InChI=1S/C12H18F3NO2/c1-16-7-6-10(18-11(17)12(13,14)15)8-4-2-3-5-9(8)16/h8-10H,2-7H2,1H3. The number of carbonyl (C=O) groups is 1. The van der Waals surface area contributed by atoms with Crippen LogP contribution in [-0.2, 0) is 9.53 Å². The lowest BCUT2D eigenvalue weighted by molar-refractivity contribution is -0.211. The first-order chi connectivity index (χ1) is 8.39. The molecule has 0 radical (unpaired) electrons. The molecule has 18 heavy (non-hydrogen) atoms. The fourth-order valence-corrected chi connectivity index (χ4v) is 3.18. The quantitative estimate of drug-likeness (QED) is 0.682. The molecule has 3 nitrogen and oxygen atoms in total. The van der Waals surface area contributed by atoms with E-state index in [1.54, 1.807) is 0 Å². The summed E-state index contributed by atoms with van der Waals surface area (Å²) in [5.74, 6) is -1.98. The van der Waals surface area contributed by atoms with Crippen LogP contribution in [0.1, 0.15) is 32.1 Å². The van der Waals surface area contributed by atoms with Crippen molar-refractivity contribution in [1.29, 1.82) is 0 Å². The molecule has 0 amide bonds. The zero-order chi connectivity index (χ0) is 13.3. The van der Waals surface area contributed by atoms with Crippen LogP contribution < -0.4 is 0 Å². The number of rotatable bonds is 1. The van der Waals surface area contributed by atoms with Gasteiger partial charge in [-0.2, -0.15) is 13.2 Å². The highest BCUT2D eigenvalue weighted by Gasteiger charge is 2.46. The van der Waals surface area contributed by atoms with E-state index in [-0.39, 0.29) is 12.0 Å². The van der Waals surface area contributed by atoms with Gasteiger partial charge >= 0.3 is 12.1 Å². The summed E-state index contributed by atoms with van der Waals surface area (Å²) < 4.78 is 41.3. The number of carbonyl (C=O) groups excluding carboxylic acids is 1. The Bertz CT molecular complexity index is 319. The van der Waals surface area contributed by atoms with Crippen molar-refractivity contribution < 1.29 is 22.7 Å². The molecule has 1 aliphatic carbocycles. The first kappa shape index (κ1) is 13.6. The minimum atomic E-state index is -4.88. The molecule has 0 spiro atoms. The van der Waals surface area contributed by atoms with Crippen molar-refractivity contribution in [1.82, 2.24) is 4.90 Å². The van der Waals surface area contributed by atoms with Crippen LogP contribution in [0.25, 0.3) is 0 Å². The predicted molar refractivity (Wildman–Crippen MR) is 58.9 cm³/mol. The number of fused-ring (bicyclic) bond motifs is 1. The molecule has 3 atom stereocenters. The van der Waals surface area contributed by atoms with E-state index in [0.29, 0.717) is 13.0 Å². The smallest absolute Gasteiger partial charge is 0.455 e. The molecule has 6 heteroatoms. The van der Waals surface area contributed by atoms with Crippen molar-refractivity contribution in [3.63, 3.8) is 0 Å². The predicted octanol–water partition coefficient (Wildman–Crippen LogP) is 2.35. The van der Waals surface area contributed by atoms with Gasteiger partial charge in [0.05, 0.1) is 0 Å². The minimum absolute atomic E-state index is 0.0591. The second-order valence-corrected chi connectivity index (χ2v) is 5.23. The molecule has 2 fully saturated rings. The SMILES string of the molecule is CN1CCC(OC(=O)C(F)(F)F)C2CCCCC21. The van der Waals surface area contributed by atoms with E-state index in [0.717, 1.165) is 25.7 Å². The summed E-state index contributed by atoms with van der Waals surface area (Å²) in [7, 11) is 1.99. The molecule has 0 bridgehead atoms. The van der Waals surface area contributed by atoms with Gasteiger partial charge in [0.25, 0.3) is 0 Å². The summed E-state index contributed by atoms with van der Waals surface area (Å²) in [6.45, 7) is 0.691. The largest absolute Gasteiger partial charge is 0.490 e. The number of likely N-dealkylation sites (tertiary alicyclic amines) is 1. The molecule has 1 saturated heterocycles. The van der Waals surface area contributed by atoms with E-state index in [1.807, 2.05) is 7.05 Å². The number of alkyl halides is 3. The average Bonchev–Trinajstić information content (AvgIpc) is 2.32. The average molecular weight is 265 g/mol. The monoisotopic (exact) mass is 265 g/mol. The van der Waals surface area contributed by atoms with E-state index in [9.17, 15) is 18.0 Å². The van der Waals surface area contributed by atoms with Gasteiger partial charge in [0, 0.05) is 18.5 Å². The van der Waals surface area contributed by atoms with Crippen molar-refractivity contribution in [3.05, 3.63) is 0 Å². The van der Waals surface area contributed by atoms with Gasteiger partial charge in [-0.25, -0.2) is 4.79 Å². The molecule has 2 rings (SSSR count). The van der Waals surface area contributed by atoms with E-state index in [4.69, 9.17) is 0 Å². The van der Waals surface area contributed by atoms with Crippen LogP contribution in [0.4, 0.5) is 13.2 Å². The number of piperidine rings is 1. The topological polar surface area (TPSA) is 29.5 Å². The lowest BCUT2D eigenvalue weighted by atomic mass is 9.77. The van der Waals surface area contributed by atoms with E-state index in [2.05, 4.69) is 9.64 Å². The van der Waals surface area contributed by atoms with Crippen LogP contribution in [-0.4, -0.2) is 42.8 Å². The lowest BCUT2D eigenvalue weighted by Crippen LogP contribution is -2.52. The van der Waals surface area contributed by atoms with Crippen LogP contribution in [0.15, 0.2) is 0 Å². The van der Waals surface area contributed by atoms with E-state index < -0.39 is 18.2 Å². The van der Waals surface area contributed by atoms with Crippen molar-refractivity contribution in [2.75, 3.05) is 13.6 Å². The van der Waals surface area contributed by atoms with Crippen LogP contribution >= 0.6 is 0 Å². The van der Waals surface area contributed by atoms with Crippen molar-refractivity contribution in [2.45, 2.75) is 50.4 Å². The number of hydrogen-bond acceptors (Lipinski definition) is 3. The molecular weight excluding hydrogens is 247 g/mol. The summed E-state index contributed by atoms with van der Waals surface area (Å²) in [4.78, 5) is 13.1. The maximum atomic E-state index is 12.2. The summed E-state index contributed by atoms with van der Waals surface area (Å²) in [5, 5.41) is 0. The zero-order valence-corrected chi connectivity index (χ0v) is 10.4. The van der Waals surface area contributed by atoms with Crippen LogP contribution in [0.5, 0.6) is 0 Å². The molecule has 0 N–H and O–H groups in total. The van der Waals surface area contributed by atoms with E-state index in [1.165, 1.54) is 0 Å². The summed E-state index contributed by atoms with van der Waals surface area (Å²) in [6, 6.07) is 0.263. The third-order valence-electron chi connectivity index (χ3n) is 4.08. The molecule has 2 aliphatic rings. The second-order valence-electron chi connectivity index (χ2n) is 5.23. The highest BCUT2D eigenvalue weighted by molar-refractivity contribution is 5.75. The first-order valence-corrected chi connectivity index (χ1v) is 6.37. The van der Waals surface area contributed by atoms with Gasteiger partial charge in [-0.15, -0.1) is 0 Å². The lowest BCUT2D eigenvalue weighted by Gasteiger charge is -2.46. The molecule has 0 aromatic rings. The molecule has 0 aromatic heterocycles. The fourth-order valence-electron chi connectivity index (χ4n) is 3.18. The highest BCUT2D eigenvalue weighted by atomic mass is 19.4. The molecule has 104 valence electrons. The first-order valence-electron chi connectivity index (χ1n) is 6.37. The van der Waals surface area contributed by atoms with Gasteiger partial charge in [-0.05, 0) is 26.3 Å². The normalized spacial score (nSPS) is 33.9. The molecule has 1 aliphatic heterocycles. The Morgan fingerprint density at radius 3 is 2.56 bits per heavy atom. The van der Waals surface area contributed by atoms with Gasteiger partial charge < -0.3 is 9.64 Å². The Kier molecular flexibility index (Phi) is 3.84. The van der Waals surface area contributed by atoms with Gasteiger partial charge in [0.1, 0.15) is 6.10 Å². The summed E-state index contributed by atoms with van der Waals surface area (Å²) >= 11 is 0. The summed E-state index contributed by atoms with van der Waals surface area (Å²) in [6.07, 6.45) is -1.000. The van der Waals surface area contributed by atoms with Gasteiger partial charge in [-0.1, -0.05) is 12.8 Å². The second kappa shape index (κ2) is 5.07. The van der Waals surface area contributed by atoms with Crippen molar-refractivity contribution in [2.24, 2.45) is 5.92 Å². The van der Waals surface area contributed by atoms with Gasteiger partial charge in [0.15, 0.2) is 0 Å². The Labute approximate surface area is 104 Å².